The van der Waals surface area contributed by atoms with Crippen molar-refractivity contribution in [1.82, 2.24) is 4.90 Å². The summed E-state index contributed by atoms with van der Waals surface area (Å²) in [5.74, 6) is 0.246. The van der Waals surface area contributed by atoms with E-state index in [0.717, 1.165) is 37.1 Å². The molecule has 1 saturated heterocycles. The predicted molar refractivity (Wildman–Crippen MR) is 102 cm³/mol. The van der Waals surface area contributed by atoms with Gasteiger partial charge in [-0.2, -0.15) is 0 Å². The summed E-state index contributed by atoms with van der Waals surface area (Å²) in [7, 11) is 0. The fourth-order valence-corrected chi connectivity index (χ4v) is 3.51. The van der Waals surface area contributed by atoms with Gasteiger partial charge in [0.05, 0.1) is 0 Å². The molecular formula is C22H24N2O2. The van der Waals surface area contributed by atoms with Gasteiger partial charge in [-0.3, -0.25) is 9.59 Å². The first-order valence-corrected chi connectivity index (χ1v) is 9.39. The number of nitrogens with zero attached hydrogens (tertiary/aromatic N) is 2. The van der Waals surface area contributed by atoms with Crippen LogP contribution in [0, 0.1) is 6.92 Å². The second kappa shape index (κ2) is 6.94. The van der Waals surface area contributed by atoms with Crippen molar-refractivity contribution in [3.63, 3.8) is 0 Å². The van der Waals surface area contributed by atoms with Gasteiger partial charge in [0.25, 0.3) is 5.91 Å². The Balaban J connectivity index is 1.50. The van der Waals surface area contributed by atoms with Crippen LogP contribution in [-0.4, -0.2) is 29.3 Å². The Morgan fingerprint density at radius 1 is 1.08 bits per heavy atom. The minimum atomic E-state index is 0.0763. The largest absolute Gasteiger partial charge is 0.331 e. The molecule has 2 aromatic carbocycles. The number of carbonyl (C=O) groups is 2. The van der Waals surface area contributed by atoms with Crippen molar-refractivity contribution >= 4 is 17.5 Å². The normalized spacial score (nSPS) is 16.8. The lowest BCUT2D eigenvalue weighted by Gasteiger charge is -2.23. The van der Waals surface area contributed by atoms with E-state index in [1.165, 1.54) is 5.56 Å². The Morgan fingerprint density at radius 2 is 1.77 bits per heavy atom. The van der Waals surface area contributed by atoms with E-state index in [2.05, 4.69) is 31.2 Å². The fraction of sp³-hybridized carbons (Fsp3) is 0.364. The number of hydrogen-bond acceptors (Lipinski definition) is 2. The summed E-state index contributed by atoms with van der Waals surface area (Å²) in [6, 6.07) is 16.2. The molecule has 0 bridgehead atoms. The lowest BCUT2D eigenvalue weighted by atomic mass is 10.1. The smallest absolute Gasteiger partial charge is 0.254 e. The summed E-state index contributed by atoms with van der Waals surface area (Å²) in [5, 5.41) is 0. The zero-order valence-electron chi connectivity index (χ0n) is 15.1. The molecule has 0 N–H and O–H groups in total. The molecule has 2 fully saturated rings. The molecule has 2 aromatic rings. The molecule has 134 valence electrons. The minimum Gasteiger partial charge on any atom is -0.331 e. The number of benzene rings is 2. The van der Waals surface area contributed by atoms with Gasteiger partial charge >= 0.3 is 0 Å². The summed E-state index contributed by atoms with van der Waals surface area (Å²) < 4.78 is 0. The van der Waals surface area contributed by atoms with Gasteiger partial charge in [-0.05, 0) is 56.0 Å². The van der Waals surface area contributed by atoms with E-state index in [1.807, 2.05) is 29.2 Å². The highest BCUT2D eigenvalue weighted by Gasteiger charge is 2.33. The number of rotatable bonds is 5. The summed E-state index contributed by atoms with van der Waals surface area (Å²) in [6.45, 7) is 3.49. The molecule has 1 aliphatic heterocycles. The number of anilines is 1. The first kappa shape index (κ1) is 16.8. The number of carbonyl (C=O) groups excluding carboxylic acids is 2. The van der Waals surface area contributed by atoms with Gasteiger partial charge in [0.2, 0.25) is 5.91 Å². The molecule has 1 aliphatic carbocycles. The first-order valence-electron chi connectivity index (χ1n) is 9.39. The van der Waals surface area contributed by atoms with Crippen LogP contribution in [0.2, 0.25) is 0 Å². The van der Waals surface area contributed by atoms with Gasteiger partial charge in [-0.1, -0.05) is 29.8 Å². The molecule has 0 spiro atoms. The van der Waals surface area contributed by atoms with Crippen molar-refractivity contribution < 1.29 is 9.59 Å². The fourth-order valence-electron chi connectivity index (χ4n) is 3.51. The van der Waals surface area contributed by atoms with E-state index >= 15 is 0 Å². The van der Waals surface area contributed by atoms with Gasteiger partial charge in [0, 0.05) is 36.8 Å². The minimum absolute atomic E-state index is 0.0763. The third-order valence-electron chi connectivity index (χ3n) is 5.22. The molecule has 2 aliphatic rings. The Bertz CT molecular complexity index is 807. The summed E-state index contributed by atoms with van der Waals surface area (Å²) in [6.07, 6.45) is 3.69. The highest BCUT2D eigenvalue weighted by molar-refractivity contribution is 5.97. The number of hydrogen-bond donors (Lipinski definition) is 0. The Morgan fingerprint density at radius 3 is 2.35 bits per heavy atom. The highest BCUT2D eigenvalue weighted by atomic mass is 16.2. The number of amides is 2. The molecule has 1 heterocycles. The second-order valence-electron chi connectivity index (χ2n) is 7.35. The quantitative estimate of drug-likeness (QED) is 0.821. The Hall–Kier alpha value is -2.62. The average Bonchev–Trinajstić information content (AvgIpc) is 3.41. The zero-order valence-corrected chi connectivity index (χ0v) is 15.1. The monoisotopic (exact) mass is 348 g/mol. The molecule has 0 aromatic heterocycles. The topological polar surface area (TPSA) is 40.6 Å². The van der Waals surface area contributed by atoms with Crippen molar-refractivity contribution in [1.29, 1.82) is 0 Å². The molecule has 0 unspecified atom stereocenters. The SMILES string of the molecule is Cc1ccc(CN(C(=O)c2ccc(N3CCCC3=O)cc2)C2CC2)cc1. The van der Waals surface area contributed by atoms with Crippen LogP contribution in [0.3, 0.4) is 0 Å². The third kappa shape index (κ3) is 3.50. The van der Waals surface area contributed by atoms with Crippen LogP contribution in [0.4, 0.5) is 5.69 Å². The van der Waals surface area contributed by atoms with Crippen molar-refractivity contribution in [2.24, 2.45) is 0 Å². The highest BCUT2D eigenvalue weighted by Crippen LogP contribution is 2.30. The van der Waals surface area contributed by atoms with Crippen LogP contribution < -0.4 is 4.90 Å². The van der Waals surface area contributed by atoms with E-state index in [0.29, 0.717) is 24.6 Å². The van der Waals surface area contributed by atoms with E-state index < -0.39 is 0 Å². The Kier molecular flexibility index (Phi) is 4.49. The molecule has 26 heavy (non-hydrogen) atoms. The molecule has 1 saturated carbocycles. The molecule has 4 rings (SSSR count). The van der Waals surface area contributed by atoms with Crippen LogP contribution in [0.25, 0.3) is 0 Å². The molecule has 2 amide bonds. The van der Waals surface area contributed by atoms with Crippen LogP contribution >= 0.6 is 0 Å². The Labute approximate surface area is 154 Å². The molecule has 4 nitrogen and oxygen atoms in total. The average molecular weight is 348 g/mol. The summed E-state index contributed by atoms with van der Waals surface area (Å²) in [4.78, 5) is 28.7. The van der Waals surface area contributed by atoms with E-state index in [1.54, 1.807) is 4.90 Å². The molecule has 0 radical (unpaired) electrons. The summed E-state index contributed by atoms with van der Waals surface area (Å²) >= 11 is 0. The van der Waals surface area contributed by atoms with Crippen molar-refractivity contribution in [3.8, 4) is 0 Å². The molecule has 0 atom stereocenters. The van der Waals surface area contributed by atoms with Crippen molar-refractivity contribution in [2.75, 3.05) is 11.4 Å². The van der Waals surface area contributed by atoms with E-state index in [9.17, 15) is 9.59 Å². The van der Waals surface area contributed by atoms with Crippen molar-refractivity contribution in [3.05, 3.63) is 65.2 Å². The molecule has 4 heteroatoms. The van der Waals surface area contributed by atoms with Gasteiger partial charge < -0.3 is 9.80 Å². The van der Waals surface area contributed by atoms with Crippen molar-refractivity contribution in [2.45, 2.75) is 45.2 Å². The third-order valence-corrected chi connectivity index (χ3v) is 5.22. The maximum Gasteiger partial charge on any atom is 0.254 e. The first-order chi connectivity index (χ1) is 12.6. The van der Waals surface area contributed by atoms with Crippen LogP contribution in [0.5, 0.6) is 0 Å². The lowest BCUT2D eigenvalue weighted by Crippen LogP contribution is -2.32. The van der Waals surface area contributed by atoms with Gasteiger partial charge in [0.1, 0.15) is 0 Å². The maximum absolute atomic E-state index is 13.0. The van der Waals surface area contributed by atoms with Crippen LogP contribution in [0.1, 0.15) is 47.2 Å². The maximum atomic E-state index is 13.0. The zero-order chi connectivity index (χ0) is 18.1. The van der Waals surface area contributed by atoms with Crippen LogP contribution in [-0.2, 0) is 11.3 Å². The molecular weight excluding hydrogens is 324 g/mol. The van der Waals surface area contributed by atoms with Gasteiger partial charge in [0.15, 0.2) is 0 Å². The number of aryl methyl sites for hydroxylation is 1. The van der Waals surface area contributed by atoms with E-state index in [-0.39, 0.29) is 11.8 Å². The van der Waals surface area contributed by atoms with E-state index in [4.69, 9.17) is 0 Å². The lowest BCUT2D eigenvalue weighted by molar-refractivity contribution is -0.117. The van der Waals surface area contributed by atoms with Gasteiger partial charge in [-0.15, -0.1) is 0 Å². The van der Waals surface area contributed by atoms with Gasteiger partial charge in [-0.25, -0.2) is 0 Å². The summed E-state index contributed by atoms with van der Waals surface area (Å²) in [5.41, 5.74) is 3.97. The predicted octanol–water partition coefficient (Wildman–Crippen LogP) is 3.93. The standard InChI is InChI=1S/C22H24N2O2/c1-16-4-6-17(7-5-16)15-24(20-12-13-20)22(26)18-8-10-19(11-9-18)23-14-2-3-21(23)25/h4-11,20H,2-3,12-15H2,1H3. The van der Waals surface area contributed by atoms with Crippen LogP contribution in [0.15, 0.2) is 48.5 Å². The second-order valence-corrected chi connectivity index (χ2v) is 7.35.